The summed E-state index contributed by atoms with van der Waals surface area (Å²) in [5, 5.41) is 3.37. The van der Waals surface area contributed by atoms with Crippen LogP contribution in [0, 0.1) is 5.92 Å². The number of hydrogen-bond acceptors (Lipinski definition) is 4. The van der Waals surface area contributed by atoms with Crippen molar-refractivity contribution in [2.24, 2.45) is 5.92 Å². The normalized spacial score (nSPS) is 22.1. The molecule has 0 amide bonds. The molecule has 1 aromatic heterocycles. The molecule has 1 fully saturated rings. The summed E-state index contributed by atoms with van der Waals surface area (Å²) in [6.45, 7) is 2.10. The highest BCUT2D eigenvalue weighted by Gasteiger charge is 2.19. The van der Waals surface area contributed by atoms with Crippen molar-refractivity contribution in [2.75, 3.05) is 18.8 Å². The molecule has 0 spiro atoms. The summed E-state index contributed by atoms with van der Waals surface area (Å²) in [7, 11) is -0.946. The quantitative estimate of drug-likeness (QED) is 0.939. The topological polar surface area (TPSA) is 42.0 Å². The molecule has 0 bridgehead atoms. The molecule has 2 heterocycles. The molecule has 2 atom stereocenters. The molecular weight excluding hydrogens is 264 g/mol. The average molecular weight is 280 g/mol. The maximum absolute atomic E-state index is 12.3. The van der Waals surface area contributed by atoms with Gasteiger partial charge in [0.1, 0.15) is 0 Å². The van der Waals surface area contributed by atoms with Crippen molar-refractivity contribution in [1.29, 1.82) is 0 Å². The largest absolute Gasteiger partial charge is 0.316 e. The van der Waals surface area contributed by atoms with E-state index in [9.17, 15) is 4.21 Å². The van der Waals surface area contributed by atoms with Crippen LogP contribution in [-0.4, -0.2) is 28.0 Å². The first-order valence-electron chi connectivity index (χ1n) is 6.27. The molecule has 3 nitrogen and oxygen atoms in total. The molecule has 0 radical (unpaired) electrons. The van der Waals surface area contributed by atoms with Gasteiger partial charge in [-0.2, -0.15) is 0 Å². The number of benzene rings is 1. The van der Waals surface area contributed by atoms with Gasteiger partial charge in [-0.1, -0.05) is 12.1 Å². The van der Waals surface area contributed by atoms with Gasteiger partial charge in [0.2, 0.25) is 0 Å². The number of nitrogens with one attached hydrogen (secondary N) is 1. The SMILES string of the molecule is O=[S@](C[C@H]1CCCNC1)c1nc2ccccc2s1. The summed E-state index contributed by atoms with van der Waals surface area (Å²) in [5.74, 6) is 1.28. The van der Waals surface area contributed by atoms with Crippen molar-refractivity contribution in [3.63, 3.8) is 0 Å². The Kier molecular flexibility index (Phi) is 3.72. The second kappa shape index (κ2) is 5.47. The number of aromatic nitrogens is 1. The third-order valence-electron chi connectivity index (χ3n) is 3.26. The van der Waals surface area contributed by atoms with Crippen LogP contribution in [0.25, 0.3) is 10.2 Å². The number of nitrogens with zero attached hydrogens (tertiary/aromatic N) is 1. The fraction of sp³-hybridized carbons (Fsp3) is 0.462. The van der Waals surface area contributed by atoms with E-state index in [0.29, 0.717) is 5.92 Å². The fourth-order valence-corrected chi connectivity index (χ4v) is 4.90. The summed E-state index contributed by atoms with van der Waals surface area (Å²) >= 11 is 1.56. The lowest BCUT2D eigenvalue weighted by atomic mass is 10.0. The zero-order valence-corrected chi connectivity index (χ0v) is 11.7. The number of rotatable bonds is 3. The Hall–Kier alpha value is -0.780. The third-order valence-corrected chi connectivity index (χ3v) is 6.15. The van der Waals surface area contributed by atoms with Crippen LogP contribution in [0.1, 0.15) is 12.8 Å². The van der Waals surface area contributed by atoms with E-state index in [1.54, 1.807) is 11.3 Å². The molecular formula is C13H16N2OS2. The summed E-state index contributed by atoms with van der Waals surface area (Å²) in [4.78, 5) is 4.48. The van der Waals surface area contributed by atoms with E-state index in [1.165, 1.54) is 12.8 Å². The van der Waals surface area contributed by atoms with E-state index in [0.717, 1.165) is 33.4 Å². The standard InChI is InChI=1S/C13H16N2OS2/c16-18(9-10-4-3-7-14-8-10)13-15-11-5-1-2-6-12(11)17-13/h1-2,5-6,10,14H,3-4,7-9H2/t10-,18+/m0/s1. The van der Waals surface area contributed by atoms with Crippen LogP contribution in [0.15, 0.2) is 28.6 Å². The summed E-state index contributed by atoms with van der Waals surface area (Å²) in [6, 6.07) is 7.99. The highest BCUT2D eigenvalue weighted by atomic mass is 32.2. The zero-order valence-electron chi connectivity index (χ0n) is 10.1. The molecule has 1 N–H and O–H groups in total. The zero-order chi connectivity index (χ0) is 12.4. The summed E-state index contributed by atoms with van der Waals surface area (Å²) < 4.78 is 14.2. The lowest BCUT2D eigenvalue weighted by Crippen LogP contribution is -2.32. The van der Waals surface area contributed by atoms with E-state index in [-0.39, 0.29) is 0 Å². The third kappa shape index (κ3) is 2.63. The van der Waals surface area contributed by atoms with Gasteiger partial charge in [0.05, 0.1) is 21.0 Å². The van der Waals surface area contributed by atoms with Crippen LogP contribution >= 0.6 is 11.3 Å². The molecule has 1 aromatic carbocycles. The molecule has 0 aliphatic carbocycles. The summed E-state index contributed by atoms with van der Waals surface area (Å²) in [6.07, 6.45) is 2.38. The van der Waals surface area contributed by atoms with Crippen LogP contribution in [0.4, 0.5) is 0 Å². The molecule has 0 saturated carbocycles. The van der Waals surface area contributed by atoms with E-state index in [2.05, 4.69) is 10.3 Å². The minimum absolute atomic E-state index is 0.534. The van der Waals surface area contributed by atoms with Gasteiger partial charge in [0.15, 0.2) is 4.34 Å². The van der Waals surface area contributed by atoms with Crippen LogP contribution in [0.2, 0.25) is 0 Å². The van der Waals surface area contributed by atoms with Crippen molar-refractivity contribution in [3.8, 4) is 0 Å². The Bertz CT molecular complexity index is 528. The van der Waals surface area contributed by atoms with Crippen LogP contribution in [0.3, 0.4) is 0 Å². The molecule has 0 unspecified atom stereocenters. The predicted octanol–water partition coefficient (Wildman–Crippen LogP) is 2.40. The van der Waals surface area contributed by atoms with Crippen molar-refractivity contribution < 1.29 is 4.21 Å². The maximum Gasteiger partial charge on any atom is 0.181 e. The van der Waals surface area contributed by atoms with E-state index in [1.807, 2.05) is 24.3 Å². The highest BCUT2D eigenvalue weighted by Crippen LogP contribution is 2.25. The van der Waals surface area contributed by atoms with Gasteiger partial charge >= 0.3 is 0 Å². The number of thiazole rings is 1. The molecule has 1 aliphatic heterocycles. The molecule has 3 rings (SSSR count). The molecule has 2 aromatic rings. The van der Waals surface area contributed by atoms with E-state index >= 15 is 0 Å². The van der Waals surface area contributed by atoms with Crippen molar-refractivity contribution in [1.82, 2.24) is 10.3 Å². The van der Waals surface area contributed by atoms with E-state index < -0.39 is 10.8 Å². The van der Waals surface area contributed by atoms with Crippen LogP contribution in [-0.2, 0) is 10.8 Å². The Morgan fingerprint density at radius 3 is 3.11 bits per heavy atom. The molecule has 18 heavy (non-hydrogen) atoms. The van der Waals surface area contributed by atoms with Gasteiger partial charge in [0.25, 0.3) is 0 Å². The molecule has 5 heteroatoms. The molecule has 1 aliphatic rings. The summed E-state index contributed by atoms with van der Waals surface area (Å²) in [5.41, 5.74) is 0.965. The van der Waals surface area contributed by atoms with Crippen molar-refractivity contribution in [3.05, 3.63) is 24.3 Å². The Morgan fingerprint density at radius 1 is 1.44 bits per heavy atom. The van der Waals surface area contributed by atoms with Crippen molar-refractivity contribution >= 4 is 32.4 Å². The van der Waals surface area contributed by atoms with Gasteiger partial charge in [-0.05, 0) is 44.0 Å². The number of para-hydroxylation sites is 1. The predicted molar refractivity (Wildman–Crippen MR) is 76.5 cm³/mol. The molecule has 96 valence electrons. The van der Waals surface area contributed by atoms with Crippen LogP contribution in [0.5, 0.6) is 0 Å². The monoisotopic (exact) mass is 280 g/mol. The number of hydrogen-bond donors (Lipinski definition) is 1. The van der Waals surface area contributed by atoms with E-state index in [4.69, 9.17) is 0 Å². The van der Waals surface area contributed by atoms with Gasteiger partial charge in [-0.25, -0.2) is 4.98 Å². The lowest BCUT2D eigenvalue weighted by molar-refractivity contribution is 0.408. The minimum atomic E-state index is -0.946. The van der Waals surface area contributed by atoms with Gasteiger partial charge in [-0.15, -0.1) is 11.3 Å². The van der Waals surface area contributed by atoms with Gasteiger partial charge < -0.3 is 5.32 Å². The second-order valence-corrected chi connectivity index (χ2v) is 7.37. The van der Waals surface area contributed by atoms with Crippen molar-refractivity contribution in [2.45, 2.75) is 17.2 Å². The highest BCUT2D eigenvalue weighted by molar-refractivity contribution is 7.87. The van der Waals surface area contributed by atoms with Gasteiger partial charge in [0, 0.05) is 5.75 Å². The van der Waals surface area contributed by atoms with Crippen LogP contribution < -0.4 is 5.32 Å². The fourth-order valence-electron chi connectivity index (χ4n) is 2.30. The second-order valence-electron chi connectivity index (χ2n) is 4.67. The molecule has 1 saturated heterocycles. The Morgan fingerprint density at radius 2 is 2.33 bits per heavy atom. The smallest absolute Gasteiger partial charge is 0.181 e. The van der Waals surface area contributed by atoms with Gasteiger partial charge in [-0.3, -0.25) is 4.21 Å². The first kappa shape index (κ1) is 12.3. The first-order valence-corrected chi connectivity index (χ1v) is 8.41. The minimum Gasteiger partial charge on any atom is -0.316 e. The maximum atomic E-state index is 12.3. The average Bonchev–Trinajstić information content (AvgIpc) is 2.84. The Labute approximate surface area is 113 Å². The lowest BCUT2D eigenvalue weighted by Gasteiger charge is -2.21. The number of piperidine rings is 1. The Balaban J connectivity index is 1.74. The number of fused-ring (bicyclic) bond motifs is 1. The first-order chi connectivity index (χ1) is 8.83.